The van der Waals surface area contributed by atoms with Gasteiger partial charge in [0.2, 0.25) is 22.2 Å². The molecule has 1 aromatic heterocycles. The van der Waals surface area contributed by atoms with Gasteiger partial charge in [0.25, 0.3) is 0 Å². The topological polar surface area (TPSA) is 231 Å². The highest BCUT2D eigenvalue weighted by atomic mass is 17.2. The van der Waals surface area contributed by atoms with Gasteiger partial charge in [-0.25, -0.2) is 4.79 Å². The number of carbonyl (C=O) groups excluding carboxylic acids is 1. The normalized spacial score (nSPS) is 9.02. The van der Waals surface area contributed by atoms with Gasteiger partial charge < -0.3 is 20.2 Å². The quantitative estimate of drug-likeness (QED) is 0.0460. The maximum Gasteiger partial charge on any atom is 0.326 e. The van der Waals surface area contributed by atoms with Crippen LogP contribution in [0.3, 0.4) is 0 Å². The minimum atomic E-state index is -0.976. The first kappa shape index (κ1) is 52.2. The van der Waals surface area contributed by atoms with Crippen LogP contribution in [0.1, 0.15) is 75.1 Å². The molecule has 0 spiro atoms. The van der Waals surface area contributed by atoms with Gasteiger partial charge in [-0.15, -0.1) is 10.2 Å². The van der Waals surface area contributed by atoms with Crippen molar-refractivity contribution >= 4 is 11.9 Å². The lowest BCUT2D eigenvalue weighted by atomic mass is 9.97. The number of H-pyrrole nitrogens is 1. The molecule has 64 heavy (non-hydrogen) atoms. The summed E-state index contributed by atoms with van der Waals surface area (Å²) in [6, 6.07) is 14.7. The third-order valence-electron chi connectivity index (χ3n) is 7.09. The van der Waals surface area contributed by atoms with Crippen molar-refractivity contribution in [2.24, 2.45) is 27.4 Å². The first-order chi connectivity index (χ1) is 31.1. The molecule has 338 valence electrons. The van der Waals surface area contributed by atoms with Crippen LogP contribution in [0.15, 0.2) is 64.2 Å². The number of amides is 1. The van der Waals surface area contributed by atoms with Crippen LogP contribution >= 0.6 is 0 Å². The van der Waals surface area contributed by atoms with Crippen LogP contribution in [0.2, 0.25) is 0 Å². The highest BCUT2D eigenvalue weighted by Crippen LogP contribution is 2.30. The lowest BCUT2D eigenvalue weighted by Gasteiger charge is -2.32. The van der Waals surface area contributed by atoms with E-state index in [1.54, 1.807) is 13.8 Å². The zero-order valence-corrected chi connectivity index (χ0v) is 35.3. The van der Waals surface area contributed by atoms with Crippen molar-refractivity contribution in [1.82, 2.24) is 25.5 Å². The van der Waals surface area contributed by atoms with Crippen molar-refractivity contribution in [2.45, 2.75) is 66.5 Å². The number of carboxylic acids is 1. The minimum absolute atomic E-state index is 0. The highest BCUT2D eigenvalue weighted by Gasteiger charge is 2.32. The number of tetrazole rings is 1. The summed E-state index contributed by atoms with van der Waals surface area (Å²) in [5.41, 5.74) is 3.66. The molecule has 1 atom stereocenters. The van der Waals surface area contributed by atoms with Gasteiger partial charge in [0.15, 0.2) is 0 Å². The number of nitrogens with one attached hydrogen (secondary N) is 1. The van der Waals surface area contributed by atoms with Crippen LogP contribution in [0.4, 0.5) is 0 Å². The van der Waals surface area contributed by atoms with Crippen molar-refractivity contribution in [1.29, 1.82) is 0 Å². The average Bonchev–Trinajstić information content (AvgIpc) is 3.85. The Labute approximate surface area is 388 Å². The Balaban J connectivity index is -0.0000000957. The SMILES string of the molecule is CC#CC#CC#CC#CC#CC#CC#CC#CC#CC#CC#CC.CCCCC(=O)N(Cc1ccc(-c2ccccc2-c2nn[nH]n2)cc1)[C@H](C(=O)O)C(C)C.NN=NN=[N+]([O-])OO.[HH].[HH].[HH].[HH].[HH].[HH].[HH].[HH].[HH].[HH].[HH]. The lowest BCUT2D eigenvalue weighted by Crippen LogP contribution is -2.47. The molecule has 0 aliphatic rings. The van der Waals surface area contributed by atoms with Crippen LogP contribution in [0, 0.1) is 141 Å². The van der Waals surface area contributed by atoms with Crippen LogP contribution in [-0.4, -0.2) is 58.8 Å². The first-order valence-corrected chi connectivity index (χ1v) is 18.5. The second-order valence-electron chi connectivity index (χ2n) is 11.7. The predicted molar refractivity (Wildman–Crippen MR) is 260 cm³/mol. The molecule has 16 nitrogen and oxygen atoms in total. The first-order valence-electron chi connectivity index (χ1n) is 18.5. The molecule has 3 aromatic rings. The van der Waals surface area contributed by atoms with Crippen molar-refractivity contribution in [3.8, 4) is 153 Å². The summed E-state index contributed by atoms with van der Waals surface area (Å²) in [4.78, 5) is 29.2. The molecule has 0 aliphatic carbocycles. The molecule has 0 bridgehead atoms. The van der Waals surface area contributed by atoms with Gasteiger partial charge in [-0.1, -0.05) is 87.6 Å². The minimum Gasteiger partial charge on any atom is -0.480 e. The van der Waals surface area contributed by atoms with Crippen molar-refractivity contribution in [3.63, 3.8) is 0 Å². The monoisotopic (exact) mass is 872 g/mol. The summed E-state index contributed by atoms with van der Waals surface area (Å²) in [7, 11) is 0. The van der Waals surface area contributed by atoms with Crippen LogP contribution in [0.5, 0.6) is 0 Å². The van der Waals surface area contributed by atoms with Gasteiger partial charge >= 0.3 is 5.97 Å². The second-order valence-corrected chi connectivity index (χ2v) is 11.7. The lowest BCUT2D eigenvalue weighted by molar-refractivity contribution is -0.873. The molecule has 0 saturated carbocycles. The zero-order valence-electron chi connectivity index (χ0n) is 35.3. The molecule has 0 unspecified atom stereocenters. The smallest absolute Gasteiger partial charge is 0.326 e. The number of unbranched alkanes of at least 4 members (excludes halogenated alkanes) is 1. The molecule has 0 aliphatic heterocycles. The van der Waals surface area contributed by atoms with E-state index < -0.39 is 17.0 Å². The highest BCUT2D eigenvalue weighted by molar-refractivity contribution is 5.84. The summed E-state index contributed by atoms with van der Waals surface area (Å²) in [5.74, 6) is 59.2. The van der Waals surface area contributed by atoms with E-state index in [0.717, 1.165) is 35.1 Å². The number of rotatable bonds is 12. The molecule has 0 saturated heterocycles. The summed E-state index contributed by atoms with van der Waals surface area (Å²) >= 11 is 0. The van der Waals surface area contributed by atoms with Gasteiger partial charge in [0, 0.05) is 57.9 Å². The van der Waals surface area contributed by atoms with E-state index in [9.17, 15) is 19.9 Å². The maximum absolute atomic E-state index is 12.9. The Morgan fingerprint density at radius 3 is 1.66 bits per heavy atom. The largest absolute Gasteiger partial charge is 0.480 e. The van der Waals surface area contributed by atoms with E-state index in [1.807, 2.05) is 69.3 Å². The maximum atomic E-state index is 12.9. The predicted octanol–water partition coefficient (Wildman–Crippen LogP) is 7.53. The van der Waals surface area contributed by atoms with Gasteiger partial charge in [-0.3, -0.25) is 15.9 Å². The van der Waals surface area contributed by atoms with Crippen molar-refractivity contribution in [3.05, 3.63) is 59.3 Å². The summed E-state index contributed by atoms with van der Waals surface area (Å²) in [5, 5.41) is 48.2. The van der Waals surface area contributed by atoms with E-state index in [-0.39, 0.29) is 34.1 Å². The van der Waals surface area contributed by atoms with Crippen LogP contribution < -0.4 is 5.84 Å². The molecular formula is C48H60N10O6. The number of hydrogen-bond acceptors (Lipinski definition) is 9. The molecule has 0 fully saturated rings. The van der Waals surface area contributed by atoms with Gasteiger partial charge in [-0.2, -0.15) is 5.21 Å². The number of nitrogens with two attached hydrogens (primary N) is 1. The van der Waals surface area contributed by atoms with Gasteiger partial charge in [-0.05, 0) is 143 Å². The number of benzene rings is 2. The fraction of sp³-hybridized carbons (Fsp3) is 0.229. The van der Waals surface area contributed by atoms with Gasteiger partial charge in [0.05, 0.1) is 10.2 Å². The number of carbonyl (C=O) groups is 2. The number of aromatic amines is 1. The van der Waals surface area contributed by atoms with Crippen LogP contribution in [-0.2, 0) is 21.1 Å². The number of aliphatic carboxylic acids is 1. The zero-order chi connectivity index (χ0) is 47.0. The fourth-order valence-corrected chi connectivity index (χ4v) is 4.54. The van der Waals surface area contributed by atoms with Crippen molar-refractivity contribution < 1.29 is 45.7 Å². The fourth-order valence-electron chi connectivity index (χ4n) is 4.54. The molecule has 2 aromatic carbocycles. The number of hydrogen-bond donors (Lipinski definition) is 4. The Bertz CT molecular complexity index is 2780. The molecule has 1 heterocycles. The molecule has 5 N–H and O–H groups in total. The van der Waals surface area contributed by atoms with Gasteiger partial charge in [0.1, 0.15) is 6.04 Å². The second kappa shape index (κ2) is 34.1. The van der Waals surface area contributed by atoms with E-state index in [2.05, 4.69) is 177 Å². The average molecular weight is 873 g/mol. The molecule has 0 radical (unpaired) electrons. The molecular weight excluding hydrogens is 813 g/mol. The summed E-state index contributed by atoms with van der Waals surface area (Å²) in [6.45, 7) is 9.33. The molecule has 3 rings (SSSR count). The van der Waals surface area contributed by atoms with E-state index in [4.69, 9.17) is 5.26 Å². The van der Waals surface area contributed by atoms with Crippen molar-refractivity contribution in [2.75, 3.05) is 0 Å². The summed E-state index contributed by atoms with van der Waals surface area (Å²) in [6.07, 6.45) is 1.97. The molecule has 1 amide bonds. The Kier molecular flexibility index (Phi) is 27.8. The van der Waals surface area contributed by atoms with Crippen LogP contribution in [0.25, 0.3) is 22.5 Å². The Morgan fingerprint density at radius 1 is 0.812 bits per heavy atom. The Morgan fingerprint density at radius 2 is 1.28 bits per heavy atom. The van der Waals surface area contributed by atoms with E-state index >= 15 is 0 Å². The summed E-state index contributed by atoms with van der Waals surface area (Å²) < 4.78 is 0. The third kappa shape index (κ3) is 22.9. The number of carboxylic acid groups (broad SMARTS) is 1. The standard InChI is InChI=1S/C24H29N5O3.C24H6.H3N5O3.11H2/c1-4-5-10-21(30)29(22(16(2)3)24(31)32)15-17-11-13-18(14-12-17)19-8-6-7-9-20(19)23-25-27-28-26-23;1-3-5-7-9-11-13-15-17-19-21-23-24-22-20-18-16-14-12-10-8-6-4-2;1-2-3-4-5(6)8-7;;;;;;;;;;;/h6-9,11-14,16,22H,4-5,10,15H2,1-3H3,(H,31,32)(H,25,26,27,28);1-2H3;7H,(H2,1,3);11*1H/t22-;;;;;;;;;;;;;/m0............./s1. The van der Waals surface area contributed by atoms with E-state index in [0.29, 0.717) is 12.2 Å². The number of aromatic nitrogens is 4. The Hall–Kier alpha value is -9.83. The molecule has 16 heteroatoms. The number of nitrogens with zero attached hydrogens (tertiary/aromatic N) is 8. The third-order valence-corrected chi connectivity index (χ3v) is 7.09. The van der Waals surface area contributed by atoms with E-state index in [1.165, 1.54) is 4.90 Å².